The summed E-state index contributed by atoms with van der Waals surface area (Å²) in [6, 6.07) is 12.1. The van der Waals surface area contributed by atoms with Crippen molar-refractivity contribution in [1.29, 1.82) is 0 Å². The molecule has 0 aliphatic carbocycles. The van der Waals surface area contributed by atoms with E-state index in [4.69, 9.17) is 0 Å². The van der Waals surface area contributed by atoms with Crippen LogP contribution in [0.15, 0.2) is 36.4 Å². The van der Waals surface area contributed by atoms with E-state index < -0.39 is 0 Å². The maximum absolute atomic E-state index is 4.60. The molecule has 1 N–H and O–H groups in total. The molecule has 3 heteroatoms. The number of benzene rings is 1. The molecule has 20 heavy (non-hydrogen) atoms. The minimum atomic E-state index is 0.696. The molecule has 1 aromatic heterocycles. The van der Waals surface area contributed by atoms with Crippen molar-refractivity contribution in [2.45, 2.75) is 46.0 Å². The Morgan fingerprint density at radius 2 is 1.80 bits per heavy atom. The van der Waals surface area contributed by atoms with E-state index in [2.05, 4.69) is 28.3 Å². The molecule has 0 saturated carbocycles. The molecule has 0 radical (unpaired) electrons. The van der Waals surface area contributed by atoms with Gasteiger partial charge in [-0.15, -0.1) is 0 Å². The van der Waals surface area contributed by atoms with Crippen molar-refractivity contribution < 1.29 is 0 Å². The number of nitrogens with one attached hydrogen (secondary N) is 1. The summed E-state index contributed by atoms with van der Waals surface area (Å²) in [5, 5.41) is 3.26. The highest BCUT2D eigenvalue weighted by Gasteiger charge is 2.03. The van der Waals surface area contributed by atoms with E-state index in [0.717, 1.165) is 23.5 Å². The molecular formula is C17H23N3. The van der Waals surface area contributed by atoms with E-state index in [1.807, 2.05) is 37.3 Å². The van der Waals surface area contributed by atoms with E-state index >= 15 is 0 Å². The predicted octanol–water partition coefficient (Wildman–Crippen LogP) is 4.65. The Hall–Kier alpha value is -1.90. The van der Waals surface area contributed by atoms with E-state index in [9.17, 15) is 0 Å². The summed E-state index contributed by atoms with van der Waals surface area (Å²) in [6.07, 6.45) is 6.09. The van der Waals surface area contributed by atoms with Crippen LogP contribution in [0.2, 0.25) is 0 Å². The predicted molar refractivity (Wildman–Crippen MR) is 84.3 cm³/mol. The fraction of sp³-hybridized carbons (Fsp3) is 0.412. The van der Waals surface area contributed by atoms with Crippen LogP contribution in [0.25, 0.3) is 0 Å². The lowest BCUT2D eigenvalue weighted by molar-refractivity contribution is 0.660. The molecule has 2 rings (SSSR count). The van der Waals surface area contributed by atoms with Gasteiger partial charge in [-0.2, -0.15) is 0 Å². The van der Waals surface area contributed by atoms with E-state index in [-0.39, 0.29) is 0 Å². The zero-order valence-electron chi connectivity index (χ0n) is 12.4. The number of hydrogen-bond acceptors (Lipinski definition) is 3. The fourth-order valence-electron chi connectivity index (χ4n) is 2.20. The highest BCUT2D eigenvalue weighted by atomic mass is 15.1. The summed E-state index contributed by atoms with van der Waals surface area (Å²) < 4.78 is 0. The lowest BCUT2D eigenvalue weighted by Crippen LogP contribution is -2.02. The molecule has 1 heterocycles. The standard InChI is InChI=1S/C17H23N3/c1-3-4-5-7-12-16-13-14(2)18-17(20-16)19-15-10-8-6-9-11-15/h6,8-11,13H,3-5,7,12H2,1-2H3,(H,18,19,20). The summed E-state index contributed by atoms with van der Waals surface area (Å²) >= 11 is 0. The van der Waals surface area contributed by atoms with Gasteiger partial charge >= 0.3 is 0 Å². The minimum Gasteiger partial charge on any atom is -0.324 e. The first-order valence-electron chi connectivity index (χ1n) is 7.44. The van der Waals surface area contributed by atoms with Gasteiger partial charge in [0.05, 0.1) is 0 Å². The molecule has 0 bridgehead atoms. The molecule has 3 nitrogen and oxygen atoms in total. The summed E-state index contributed by atoms with van der Waals surface area (Å²) in [6.45, 7) is 4.25. The quantitative estimate of drug-likeness (QED) is 0.743. The van der Waals surface area contributed by atoms with Crippen molar-refractivity contribution in [2.75, 3.05) is 5.32 Å². The topological polar surface area (TPSA) is 37.8 Å². The van der Waals surface area contributed by atoms with Crippen LogP contribution in [0, 0.1) is 6.92 Å². The summed E-state index contributed by atoms with van der Waals surface area (Å²) in [5.41, 5.74) is 3.17. The van der Waals surface area contributed by atoms with Crippen LogP contribution in [0.3, 0.4) is 0 Å². The van der Waals surface area contributed by atoms with Crippen LogP contribution >= 0.6 is 0 Å². The molecule has 0 unspecified atom stereocenters. The van der Waals surface area contributed by atoms with Crippen molar-refractivity contribution in [3.8, 4) is 0 Å². The summed E-state index contributed by atoms with van der Waals surface area (Å²) in [4.78, 5) is 9.06. The monoisotopic (exact) mass is 269 g/mol. The van der Waals surface area contributed by atoms with Gasteiger partial charge in [-0.1, -0.05) is 44.4 Å². The average molecular weight is 269 g/mol. The first-order valence-corrected chi connectivity index (χ1v) is 7.44. The van der Waals surface area contributed by atoms with Crippen LogP contribution in [0.5, 0.6) is 0 Å². The van der Waals surface area contributed by atoms with Gasteiger partial charge in [-0.25, -0.2) is 9.97 Å². The number of aryl methyl sites for hydroxylation is 2. The Bertz CT molecular complexity index is 523. The van der Waals surface area contributed by atoms with Gasteiger partial charge in [0.2, 0.25) is 5.95 Å². The largest absolute Gasteiger partial charge is 0.324 e. The summed E-state index contributed by atoms with van der Waals surface area (Å²) in [5.74, 6) is 0.696. The van der Waals surface area contributed by atoms with Crippen LogP contribution in [-0.4, -0.2) is 9.97 Å². The second-order valence-corrected chi connectivity index (χ2v) is 5.13. The second kappa shape index (κ2) is 7.63. The average Bonchev–Trinajstić information content (AvgIpc) is 2.44. The molecule has 0 aliphatic rings. The zero-order chi connectivity index (χ0) is 14.2. The molecular weight excluding hydrogens is 246 g/mol. The van der Waals surface area contributed by atoms with Gasteiger partial charge in [-0.3, -0.25) is 0 Å². The van der Waals surface area contributed by atoms with E-state index in [1.54, 1.807) is 0 Å². The Morgan fingerprint density at radius 1 is 1.00 bits per heavy atom. The van der Waals surface area contributed by atoms with Crippen molar-refractivity contribution in [1.82, 2.24) is 9.97 Å². The molecule has 0 aliphatic heterocycles. The lowest BCUT2D eigenvalue weighted by Gasteiger charge is -2.08. The van der Waals surface area contributed by atoms with Crippen LogP contribution < -0.4 is 5.32 Å². The van der Waals surface area contributed by atoms with Crippen LogP contribution in [0.4, 0.5) is 11.6 Å². The lowest BCUT2D eigenvalue weighted by atomic mass is 10.1. The highest BCUT2D eigenvalue weighted by molar-refractivity contribution is 5.52. The minimum absolute atomic E-state index is 0.696. The number of nitrogens with zero attached hydrogens (tertiary/aromatic N) is 2. The smallest absolute Gasteiger partial charge is 0.227 e. The van der Waals surface area contributed by atoms with Gasteiger partial charge in [-0.05, 0) is 38.0 Å². The Kier molecular flexibility index (Phi) is 5.54. The number of hydrogen-bond donors (Lipinski definition) is 1. The normalized spacial score (nSPS) is 10.5. The summed E-state index contributed by atoms with van der Waals surface area (Å²) in [7, 11) is 0. The maximum Gasteiger partial charge on any atom is 0.227 e. The third-order valence-electron chi connectivity index (χ3n) is 3.22. The first kappa shape index (κ1) is 14.5. The fourth-order valence-corrected chi connectivity index (χ4v) is 2.20. The first-order chi connectivity index (χ1) is 9.78. The SMILES string of the molecule is CCCCCCc1cc(C)nc(Nc2ccccc2)n1. The molecule has 106 valence electrons. The van der Waals surface area contributed by atoms with E-state index in [1.165, 1.54) is 25.7 Å². The molecule has 0 atom stereocenters. The van der Waals surface area contributed by atoms with Crippen molar-refractivity contribution in [3.05, 3.63) is 47.8 Å². The van der Waals surface area contributed by atoms with Crippen LogP contribution in [0.1, 0.15) is 44.0 Å². The number of anilines is 2. The molecule has 0 amide bonds. The Morgan fingerprint density at radius 3 is 2.55 bits per heavy atom. The third kappa shape index (κ3) is 4.65. The third-order valence-corrected chi connectivity index (χ3v) is 3.22. The van der Waals surface area contributed by atoms with Crippen molar-refractivity contribution in [2.24, 2.45) is 0 Å². The van der Waals surface area contributed by atoms with Crippen LogP contribution in [-0.2, 0) is 6.42 Å². The van der Waals surface area contributed by atoms with Gasteiger partial charge in [0.25, 0.3) is 0 Å². The Balaban J connectivity index is 2.01. The zero-order valence-corrected chi connectivity index (χ0v) is 12.4. The molecule has 0 spiro atoms. The Labute approximate surface area is 121 Å². The van der Waals surface area contributed by atoms with Gasteiger partial charge in [0.1, 0.15) is 0 Å². The molecule has 1 aromatic carbocycles. The molecule has 0 saturated heterocycles. The van der Waals surface area contributed by atoms with E-state index in [0.29, 0.717) is 5.95 Å². The van der Waals surface area contributed by atoms with Crippen molar-refractivity contribution >= 4 is 11.6 Å². The van der Waals surface area contributed by atoms with Crippen molar-refractivity contribution in [3.63, 3.8) is 0 Å². The van der Waals surface area contributed by atoms with Gasteiger partial charge < -0.3 is 5.32 Å². The van der Waals surface area contributed by atoms with Gasteiger partial charge in [0, 0.05) is 17.1 Å². The second-order valence-electron chi connectivity index (χ2n) is 5.13. The molecule has 2 aromatic rings. The number of rotatable bonds is 7. The number of unbranched alkanes of at least 4 members (excludes halogenated alkanes) is 3. The van der Waals surface area contributed by atoms with Gasteiger partial charge in [0.15, 0.2) is 0 Å². The highest BCUT2D eigenvalue weighted by Crippen LogP contribution is 2.14. The number of para-hydroxylation sites is 1. The molecule has 0 fully saturated rings. The number of aromatic nitrogens is 2. The maximum atomic E-state index is 4.60.